The third kappa shape index (κ3) is 3.60. The summed E-state index contributed by atoms with van der Waals surface area (Å²) < 4.78 is 5.70. The van der Waals surface area contributed by atoms with Gasteiger partial charge < -0.3 is 15.4 Å². The third-order valence-electron chi connectivity index (χ3n) is 4.65. The predicted octanol–water partition coefficient (Wildman–Crippen LogP) is 3.01. The van der Waals surface area contributed by atoms with Gasteiger partial charge >= 0.3 is 0 Å². The van der Waals surface area contributed by atoms with Crippen LogP contribution in [-0.4, -0.2) is 12.5 Å². The molecule has 1 aliphatic heterocycles. The Morgan fingerprint density at radius 1 is 1.08 bits per heavy atom. The van der Waals surface area contributed by atoms with E-state index in [9.17, 15) is 4.79 Å². The van der Waals surface area contributed by atoms with E-state index < -0.39 is 0 Å². The van der Waals surface area contributed by atoms with Gasteiger partial charge in [-0.25, -0.2) is 0 Å². The normalized spacial score (nSPS) is 15.8. The molecule has 2 N–H and O–H groups in total. The van der Waals surface area contributed by atoms with E-state index in [0.717, 1.165) is 36.9 Å². The lowest BCUT2D eigenvalue weighted by molar-refractivity contribution is 0.0951. The van der Waals surface area contributed by atoms with E-state index in [1.54, 1.807) is 0 Å². The Hall–Kier alpha value is -2.33. The monoisotopic (exact) mass is 322 g/mol. The highest BCUT2D eigenvalue weighted by molar-refractivity contribution is 5.94. The zero-order chi connectivity index (χ0) is 16.4. The SMILES string of the molecule is O=C(NCc1ccc2c(c1)CNC2)c1ccc(OCC2CC2)cc1. The Labute approximate surface area is 142 Å². The number of hydrogen-bond donors (Lipinski definition) is 2. The summed E-state index contributed by atoms with van der Waals surface area (Å²) in [5.41, 5.74) is 4.48. The van der Waals surface area contributed by atoms with Gasteiger partial charge in [0, 0.05) is 25.2 Å². The van der Waals surface area contributed by atoms with E-state index in [1.165, 1.54) is 24.0 Å². The molecule has 1 fully saturated rings. The summed E-state index contributed by atoms with van der Waals surface area (Å²) in [7, 11) is 0. The van der Waals surface area contributed by atoms with Crippen LogP contribution in [-0.2, 0) is 19.6 Å². The fraction of sp³-hybridized carbons (Fsp3) is 0.350. The average molecular weight is 322 g/mol. The highest BCUT2D eigenvalue weighted by atomic mass is 16.5. The van der Waals surface area contributed by atoms with Crippen molar-refractivity contribution in [3.8, 4) is 5.75 Å². The average Bonchev–Trinajstić information content (AvgIpc) is 3.33. The smallest absolute Gasteiger partial charge is 0.251 e. The predicted molar refractivity (Wildman–Crippen MR) is 92.8 cm³/mol. The molecule has 0 atom stereocenters. The van der Waals surface area contributed by atoms with Crippen molar-refractivity contribution in [2.75, 3.05) is 6.61 Å². The molecule has 4 heteroatoms. The molecule has 0 radical (unpaired) electrons. The lowest BCUT2D eigenvalue weighted by Gasteiger charge is -2.08. The Kier molecular flexibility index (Phi) is 4.22. The van der Waals surface area contributed by atoms with Crippen LogP contribution in [0, 0.1) is 5.92 Å². The fourth-order valence-electron chi connectivity index (χ4n) is 2.94. The molecule has 2 aromatic rings. The van der Waals surface area contributed by atoms with Gasteiger partial charge in [0.05, 0.1) is 6.61 Å². The van der Waals surface area contributed by atoms with Crippen molar-refractivity contribution in [1.82, 2.24) is 10.6 Å². The topological polar surface area (TPSA) is 50.4 Å². The highest BCUT2D eigenvalue weighted by Crippen LogP contribution is 2.29. The molecule has 2 aliphatic rings. The molecular weight excluding hydrogens is 300 g/mol. The Morgan fingerprint density at radius 2 is 1.88 bits per heavy atom. The number of rotatable bonds is 6. The minimum atomic E-state index is -0.0534. The minimum absolute atomic E-state index is 0.0534. The Balaban J connectivity index is 1.32. The highest BCUT2D eigenvalue weighted by Gasteiger charge is 2.21. The second-order valence-corrected chi connectivity index (χ2v) is 6.67. The largest absolute Gasteiger partial charge is 0.493 e. The van der Waals surface area contributed by atoms with Crippen molar-refractivity contribution in [2.45, 2.75) is 32.5 Å². The van der Waals surface area contributed by atoms with Gasteiger partial charge in [-0.3, -0.25) is 4.79 Å². The van der Waals surface area contributed by atoms with Crippen LogP contribution >= 0.6 is 0 Å². The molecule has 4 rings (SSSR count). The van der Waals surface area contributed by atoms with Crippen molar-refractivity contribution >= 4 is 5.91 Å². The van der Waals surface area contributed by atoms with Crippen molar-refractivity contribution in [3.05, 3.63) is 64.7 Å². The Morgan fingerprint density at radius 3 is 2.67 bits per heavy atom. The minimum Gasteiger partial charge on any atom is -0.493 e. The first-order valence-corrected chi connectivity index (χ1v) is 8.60. The van der Waals surface area contributed by atoms with Crippen molar-refractivity contribution < 1.29 is 9.53 Å². The van der Waals surface area contributed by atoms with E-state index in [1.807, 2.05) is 24.3 Å². The van der Waals surface area contributed by atoms with Crippen LogP contribution in [0.4, 0.5) is 0 Å². The van der Waals surface area contributed by atoms with Crippen molar-refractivity contribution in [3.63, 3.8) is 0 Å². The second-order valence-electron chi connectivity index (χ2n) is 6.67. The van der Waals surface area contributed by atoms with Gasteiger partial charge in [0.25, 0.3) is 5.91 Å². The molecule has 1 saturated carbocycles. The molecule has 0 saturated heterocycles. The van der Waals surface area contributed by atoms with Gasteiger partial charge in [0.2, 0.25) is 0 Å². The molecule has 0 bridgehead atoms. The maximum atomic E-state index is 12.3. The number of carbonyl (C=O) groups is 1. The summed E-state index contributed by atoms with van der Waals surface area (Å²) in [4.78, 5) is 12.3. The maximum Gasteiger partial charge on any atom is 0.251 e. The quantitative estimate of drug-likeness (QED) is 0.859. The molecule has 2 aromatic carbocycles. The van der Waals surface area contributed by atoms with Gasteiger partial charge in [-0.15, -0.1) is 0 Å². The first kappa shape index (κ1) is 15.2. The molecule has 0 aromatic heterocycles. The standard InChI is InChI=1S/C20H22N2O2/c23-20(16-5-7-19(8-6-16)24-13-14-1-2-14)22-10-15-3-4-17-11-21-12-18(17)9-15/h3-9,14,21H,1-2,10-13H2,(H,22,23). The van der Waals surface area contributed by atoms with Crippen LogP contribution in [0.25, 0.3) is 0 Å². The molecule has 4 nitrogen and oxygen atoms in total. The van der Waals surface area contributed by atoms with E-state index >= 15 is 0 Å². The van der Waals surface area contributed by atoms with Crippen molar-refractivity contribution in [1.29, 1.82) is 0 Å². The lowest BCUT2D eigenvalue weighted by Crippen LogP contribution is -2.22. The van der Waals surface area contributed by atoms with Gasteiger partial charge in [-0.1, -0.05) is 18.2 Å². The van der Waals surface area contributed by atoms with Crippen LogP contribution in [0.5, 0.6) is 5.75 Å². The van der Waals surface area contributed by atoms with Crippen LogP contribution < -0.4 is 15.4 Å². The van der Waals surface area contributed by atoms with Gasteiger partial charge in [0.1, 0.15) is 5.75 Å². The van der Waals surface area contributed by atoms with E-state index in [4.69, 9.17) is 4.74 Å². The van der Waals surface area contributed by atoms with E-state index in [2.05, 4.69) is 28.8 Å². The summed E-state index contributed by atoms with van der Waals surface area (Å²) in [6, 6.07) is 13.8. The van der Waals surface area contributed by atoms with Crippen LogP contribution in [0.15, 0.2) is 42.5 Å². The second kappa shape index (κ2) is 6.65. The number of amides is 1. The molecular formula is C20H22N2O2. The molecule has 124 valence electrons. The summed E-state index contributed by atoms with van der Waals surface area (Å²) in [6.45, 7) is 3.20. The van der Waals surface area contributed by atoms with Gasteiger partial charge in [-0.05, 0) is 59.7 Å². The molecule has 24 heavy (non-hydrogen) atoms. The molecule has 1 aliphatic carbocycles. The molecule has 0 spiro atoms. The number of ether oxygens (including phenoxy) is 1. The first-order valence-electron chi connectivity index (χ1n) is 8.60. The molecule has 1 heterocycles. The molecule has 1 amide bonds. The zero-order valence-corrected chi connectivity index (χ0v) is 13.7. The fourth-order valence-corrected chi connectivity index (χ4v) is 2.94. The van der Waals surface area contributed by atoms with Crippen LogP contribution in [0.1, 0.15) is 39.9 Å². The van der Waals surface area contributed by atoms with Gasteiger partial charge in [0.15, 0.2) is 0 Å². The maximum absolute atomic E-state index is 12.3. The van der Waals surface area contributed by atoms with Crippen LogP contribution in [0.2, 0.25) is 0 Å². The zero-order valence-electron chi connectivity index (χ0n) is 13.7. The van der Waals surface area contributed by atoms with Crippen molar-refractivity contribution in [2.24, 2.45) is 5.92 Å². The summed E-state index contributed by atoms with van der Waals surface area (Å²) in [5, 5.41) is 6.32. The first-order chi connectivity index (χ1) is 11.8. The van der Waals surface area contributed by atoms with Crippen LogP contribution in [0.3, 0.4) is 0 Å². The van der Waals surface area contributed by atoms with E-state index in [0.29, 0.717) is 12.1 Å². The van der Waals surface area contributed by atoms with Gasteiger partial charge in [-0.2, -0.15) is 0 Å². The Bertz CT molecular complexity index is 736. The summed E-state index contributed by atoms with van der Waals surface area (Å²) in [5.74, 6) is 1.52. The summed E-state index contributed by atoms with van der Waals surface area (Å²) >= 11 is 0. The number of hydrogen-bond acceptors (Lipinski definition) is 3. The summed E-state index contributed by atoms with van der Waals surface area (Å²) in [6.07, 6.45) is 2.55. The number of carbonyl (C=O) groups excluding carboxylic acids is 1. The third-order valence-corrected chi connectivity index (χ3v) is 4.65. The lowest BCUT2D eigenvalue weighted by atomic mass is 10.1. The number of benzene rings is 2. The van der Waals surface area contributed by atoms with E-state index in [-0.39, 0.29) is 5.91 Å². The number of nitrogens with one attached hydrogen (secondary N) is 2. The number of fused-ring (bicyclic) bond motifs is 1. The molecule has 0 unspecified atom stereocenters.